The zero-order valence-electron chi connectivity index (χ0n) is 8.91. The Bertz CT molecular complexity index is 466. The number of hydrogen-bond donors (Lipinski definition) is 1. The molecule has 0 saturated heterocycles. The van der Waals surface area contributed by atoms with Crippen LogP contribution in [0.25, 0.3) is 10.9 Å². The van der Waals surface area contributed by atoms with Crippen LogP contribution in [-0.2, 0) is 0 Å². The minimum Gasteiger partial charge on any atom is -0.339 e. The zero-order chi connectivity index (χ0) is 10.3. The number of nitrogen functional groups attached to an aromatic ring is 1. The van der Waals surface area contributed by atoms with Crippen molar-refractivity contribution >= 4 is 10.9 Å². The lowest BCUT2D eigenvalue weighted by Gasteiger charge is -2.05. The normalized spacial score (nSPS) is 11.4. The highest BCUT2D eigenvalue weighted by molar-refractivity contribution is 5.86. The minimum absolute atomic E-state index is 0.518. The van der Waals surface area contributed by atoms with Crippen molar-refractivity contribution in [2.45, 2.75) is 26.7 Å². The molecule has 2 rings (SSSR count). The van der Waals surface area contributed by atoms with Gasteiger partial charge in [0.15, 0.2) is 0 Å². The molecule has 0 aliphatic carbocycles. The quantitative estimate of drug-likeness (QED) is 0.685. The third-order valence-electron chi connectivity index (χ3n) is 2.78. The summed E-state index contributed by atoms with van der Waals surface area (Å²) >= 11 is 0. The summed E-state index contributed by atoms with van der Waals surface area (Å²) in [5.41, 5.74) is 3.65. The molecule has 0 unspecified atom stereocenters. The van der Waals surface area contributed by atoms with Gasteiger partial charge in [-0.1, -0.05) is 32.0 Å². The van der Waals surface area contributed by atoms with Gasteiger partial charge in [-0.3, -0.25) is 4.68 Å². The van der Waals surface area contributed by atoms with Crippen molar-refractivity contribution in [1.29, 1.82) is 0 Å². The summed E-state index contributed by atoms with van der Waals surface area (Å²) in [5, 5.41) is 1.28. The molecule has 0 fully saturated rings. The number of fused-ring (bicyclic) bond motifs is 1. The average molecular weight is 188 g/mol. The van der Waals surface area contributed by atoms with Crippen LogP contribution in [0.5, 0.6) is 0 Å². The Balaban J connectivity index is 2.88. The van der Waals surface area contributed by atoms with E-state index in [0.717, 1.165) is 5.52 Å². The molecule has 0 aliphatic rings. The van der Waals surface area contributed by atoms with E-state index >= 15 is 0 Å². The highest BCUT2D eigenvalue weighted by Crippen LogP contribution is 2.29. The number of para-hydroxylation sites is 1. The summed E-state index contributed by atoms with van der Waals surface area (Å²) in [7, 11) is 0. The smallest absolute Gasteiger partial charge is 0.0696 e. The van der Waals surface area contributed by atoms with Gasteiger partial charge in [-0.2, -0.15) is 0 Å². The highest BCUT2D eigenvalue weighted by atomic mass is 15.3. The predicted molar refractivity (Wildman–Crippen MR) is 60.9 cm³/mol. The van der Waals surface area contributed by atoms with E-state index in [2.05, 4.69) is 39.0 Å². The second-order valence-corrected chi connectivity index (χ2v) is 4.04. The molecule has 2 aromatic rings. The fraction of sp³-hybridized carbons (Fsp3) is 0.333. The first-order valence-corrected chi connectivity index (χ1v) is 4.98. The summed E-state index contributed by atoms with van der Waals surface area (Å²) in [6.07, 6.45) is 0. The molecular weight excluding hydrogens is 172 g/mol. The van der Waals surface area contributed by atoms with E-state index in [1.807, 2.05) is 6.07 Å². The first kappa shape index (κ1) is 9.13. The Labute approximate surface area is 84.3 Å². The Morgan fingerprint density at radius 3 is 2.50 bits per heavy atom. The largest absolute Gasteiger partial charge is 0.339 e. The van der Waals surface area contributed by atoms with Crippen LogP contribution in [0.2, 0.25) is 0 Å². The predicted octanol–water partition coefficient (Wildman–Crippen LogP) is 2.79. The Morgan fingerprint density at radius 1 is 1.21 bits per heavy atom. The van der Waals surface area contributed by atoms with Gasteiger partial charge in [0.1, 0.15) is 0 Å². The van der Waals surface area contributed by atoms with Crippen molar-refractivity contribution in [3.8, 4) is 0 Å². The van der Waals surface area contributed by atoms with Crippen molar-refractivity contribution in [3.63, 3.8) is 0 Å². The van der Waals surface area contributed by atoms with E-state index in [4.69, 9.17) is 5.84 Å². The molecule has 14 heavy (non-hydrogen) atoms. The van der Waals surface area contributed by atoms with E-state index < -0.39 is 0 Å². The molecule has 1 aromatic heterocycles. The average Bonchev–Trinajstić information content (AvgIpc) is 2.41. The number of aromatic nitrogens is 1. The maximum Gasteiger partial charge on any atom is 0.0696 e. The van der Waals surface area contributed by atoms with Crippen LogP contribution in [0.15, 0.2) is 24.3 Å². The van der Waals surface area contributed by atoms with Gasteiger partial charge in [0.2, 0.25) is 0 Å². The molecule has 1 heterocycles. The summed E-state index contributed by atoms with van der Waals surface area (Å²) in [5.74, 6) is 6.51. The standard InChI is InChI=1S/C12H16N2/c1-8(2)12-9(3)14(13)11-7-5-4-6-10(11)12/h4-8H,13H2,1-3H3. The van der Waals surface area contributed by atoms with Crippen LogP contribution in [0.4, 0.5) is 0 Å². The molecule has 0 saturated carbocycles. The molecule has 0 aliphatic heterocycles. The fourth-order valence-corrected chi connectivity index (χ4v) is 2.15. The second kappa shape index (κ2) is 3.05. The molecule has 0 amide bonds. The maximum atomic E-state index is 5.99. The van der Waals surface area contributed by atoms with Gasteiger partial charge in [0.25, 0.3) is 0 Å². The van der Waals surface area contributed by atoms with E-state index in [1.165, 1.54) is 16.6 Å². The fourth-order valence-electron chi connectivity index (χ4n) is 2.15. The number of rotatable bonds is 1. The van der Waals surface area contributed by atoms with Gasteiger partial charge in [0, 0.05) is 11.1 Å². The van der Waals surface area contributed by atoms with Crippen LogP contribution < -0.4 is 5.84 Å². The van der Waals surface area contributed by atoms with Gasteiger partial charge >= 0.3 is 0 Å². The Kier molecular flexibility index (Phi) is 1.99. The van der Waals surface area contributed by atoms with Crippen LogP contribution >= 0.6 is 0 Å². The minimum atomic E-state index is 0.518. The topological polar surface area (TPSA) is 30.9 Å². The molecule has 0 atom stereocenters. The zero-order valence-corrected chi connectivity index (χ0v) is 8.91. The van der Waals surface area contributed by atoms with Gasteiger partial charge < -0.3 is 5.84 Å². The van der Waals surface area contributed by atoms with Crippen LogP contribution in [0, 0.1) is 6.92 Å². The molecule has 2 N–H and O–H groups in total. The first-order chi connectivity index (χ1) is 6.63. The number of hydrogen-bond acceptors (Lipinski definition) is 1. The lowest BCUT2D eigenvalue weighted by Crippen LogP contribution is -2.09. The lowest BCUT2D eigenvalue weighted by molar-refractivity contribution is 0.845. The first-order valence-electron chi connectivity index (χ1n) is 4.98. The van der Waals surface area contributed by atoms with E-state index in [-0.39, 0.29) is 0 Å². The summed E-state index contributed by atoms with van der Waals surface area (Å²) in [6.45, 7) is 6.48. The SMILES string of the molecule is Cc1c(C(C)C)c2ccccc2n1N. The van der Waals surface area contributed by atoms with Crippen molar-refractivity contribution in [2.75, 3.05) is 5.84 Å². The van der Waals surface area contributed by atoms with Crippen molar-refractivity contribution < 1.29 is 0 Å². The second-order valence-electron chi connectivity index (χ2n) is 4.04. The lowest BCUT2D eigenvalue weighted by atomic mass is 10.00. The Hall–Kier alpha value is -1.44. The molecule has 74 valence electrons. The van der Waals surface area contributed by atoms with Gasteiger partial charge in [-0.15, -0.1) is 0 Å². The van der Waals surface area contributed by atoms with Gasteiger partial charge in [0.05, 0.1) is 5.52 Å². The summed E-state index contributed by atoms with van der Waals surface area (Å²) in [6, 6.07) is 8.29. The third-order valence-corrected chi connectivity index (χ3v) is 2.78. The highest BCUT2D eigenvalue weighted by Gasteiger charge is 2.13. The molecule has 0 radical (unpaired) electrons. The van der Waals surface area contributed by atoms with Crippen LogP contribution in [0.1, 0.15) is 31.0 Å². The maximum absolute atomic E-state index is 5.99. The van der Waals surface area contributed by atoms with Crippen molar-refractivity contribution in [1.82, 2.24) is 4.68 Å². The molecule has 0 spiro atoms. The van der Waals surface area contributed by atoms with E-state index in [9.17, 15) is 0 Å². The molecule has 2 heteroatoms. The number of nitrogens with zero attached hydrogens (tertiary/aromatic N) is 1. The summed E-state index contributed by atoms with van der Waals surface area (Å²) in [4.78, 5) is 0. The van der Waals surface area contributed by atoms with E-state index in [1.54, 1.807) is 4.68 Å². The summed E-state index contributed by atoms with van der Waals surface area (Å²) < 4.78 is 1.78. The van der Waals surface area contributed by atoms with E-state index in [0.29, 0.717) is 5.92 Å². The molecular formula is C12H16N2. The molecule has 2 nitrogen and oxygen atoms in total. The monoisotopic (exact) mass is 188 g/mol. The van der Waals surface area contributed by atoms with Gasteiger partial charge in [-0.05, 0) is 24.5 Å². The van der Waals surface area contributed by atoms with Crippen LogP contribution in [0.3, 0.4) is 0 Å². The number of nitrogens with two attached hydrogens (primary N) is 1. The van der Waals surface area contributed by atoms with Crippen molar-refractivity contribution in [2.24, 2.45) is 0 Å². The van der Waals surface area contributed by atoms with Crippen LogP contribution in [-0.4, -0.2) is 4.68 Å². The van der Waals surface area contributed by atoms with Crippen molar-refractivity contribution in [3.05, 3.63) is 35.5 Å². The molecule has 0 bridgehead atoms. The number of benzene rings is 1. The Morgan fingerprint density at radius 2 is 1.86 bits per heavy atom. The van der Waals surface area contributed by atoms with Gasteiger partial charge in [-0.25, -0.2) is 0 Å². The third kappa shape index (κ3) is 1.10. The molecule has 1 aromatic carbocycles.